The highest BCUT2D eigenvalue weighted by Crippen LogP contribution is 2.32. The van der Waals surface area contributed by atoms with Gasteiger partial charge in [0.05, 0.1) is 11.3 Å². The molecular formula is C25H17F4N4O4+. The van der Waals surface area contributed by atoms with Gasteiger partial charge >= 0.3 is 23.6 Å². The lowest BCUT2D eigenvalue weighted by atomic mass is 10.1. The van der Waals surface area contributed by atoms with Crippen LogP contribution in [0.2, 0.25) is 0 Å². The van der Waals surface area contributed by atoms with Crippen LogP contribution in [0.3, 0.4) is 0 Å². The molecule has 0 spiro atoms. The average Bonchev–Trinajstić information content (AvgIpc) is 3.45. The van der Waals surface area contributed by atoms with Crippen LogP contribution in [-0.4, -0.2) is 21.9 Å². The Kier molecular flexibility index (Phi) is 5.94. The van der Waals surface area contributed by atoms with E-state index in [0.717, 1.165) is 23.8 Å². The van der Waals surface area contributed by atoms with Gasteiger partial charge in [0.15, 0.2) is 0 Å². The Labute approximate surface area is 206 Å². The lowest BCUT2D eigenvalue weighted by Gasteiger charge is -2.08. The second-order valence-electron chi connectivity index (χ2n) is 8.35. The zero-order valence-corrected chi connectivity index (χ0v) is 18.8. The van der Waals surface area contributed by atoms with Crippen molar-refractivity contribution in [3.8, 4) is 11.3 Å². The van der Waals surface area contributed by atoms with E-state index in [4.69, 9.17) is 4.42 Å². The molecule has 5 rings (SSSR count). The largest absolute Gasteiger partial charge is 0.456 e. The number of benzene rings is 2. The molecule has 1 unspecified atom stereocenters. The van der Waals surface area contributed by atoms with Crippen LogP contribution in [0, 0.1) is 15.9 Å². The van der Waals surface area contributed by atoms with E-state index < -0.39 is 40.3 Å². The van der Waals surface area contributed by atoms with Crippen molar-refractivity contribution in [2.75, 3.05) is 5.32 Å². The number of nitro groups is 1. The van der Waals surface area contributed by atoms with Crippen LogP contribution in [0.25, 0.3) is 11.3 Å². The minimum atomic E-state index is -4.66. The van der Waals surface area contributed by atoms with Gasteiger partial charge in [-0.2, -0.15) is 22.1 Å². The number of hydrogen-bond acceptors (Lipinski definition) is 6. The zero-order chi connectivity index (χ0) is 26.3. The summed E-state index contributed by atoms with van der Waals surface area (Å²) >= 11 is 0. The van der Waals surface area contributed by atoms with Crippen LogP contribution in [-0.2, 0) is 19.0 Å². The summed E-state index contributed by atoms with van der Waals surface area (Å²) in [5.74, 6) is -2.56. The second-order valence-corrected chi connectivity index (χ2v) is 8.35. The van der Waals surface area contributed by atoms with Crippen LogP contribution in [0.4, 0.5) is 29.1 Å². The van der Waals surface area contributed by atoms with Gasteiger partial charge in [0.1, 0.15) is 23.3 Å². The maximum Gasteiger partial charge on any atom is 0.449 e. The van der Waals surface area contributed by atoms with Crippen LogP contribution in [0.15, 0.2) is 71.3 Å². The molecule has 0 fully saturated rings. The van der Waals surface area contributed by atoms with Crippen molar-refractivity contribution in [1.82, 2.24) is 4.98 Å². The van der Waals surface area contributed by atoms with Gasteiger partial charge in [-0.3, -0.25) is 15.4 Å². The van der Waals surface area contributed by atoms with Gasteiger partial charge in [0.2, 0.25) is 17.6 Å². The van der Waals surface area contributed by atoms with Gasteiger partial charge in [-0.05, 0) is 23.8 Å². The first-order chi connectivity index (χ1) is 17.6. The van der Waals surface area contributed by atoms with E-state index in [1.165, 1.54) is 22.9 Å². The fourth-order valence-electron chi connectivity index (χ4n) is 4.15. The molecule has 1 N–H and O–H groups in total. The molecule has 12 heteroatoms. The predicted octanol–water partition coefficient (Wildman–Crippen LogP) is 4.96. The molecular weight excluding hydrogens is 496 g/mol. The maximum atomic E-state index is 15.0. The molecule has 2 aromatic heterocycles. The van der Waals surface area contributed by atoms with E-state index in [1.807, 2.05) is 30.3 Å². The van der Waals surface area contributed by atoms with Crippen molar-refractivity contribution in [2.45, 2.75) is 25.1 Å². The molecule has 1 aliphatic heterocycles. The third-order valence-corrected chi connectivity index (χ3v) is 5.88. The summed E-state index contributed by atoms with van der Waals surface area (Å²) in [5, 5.41) is 14.2. The van der Waals surface area contributed by atoms with E-state index in [-0.39, 0.29) is 35.7 Å². The zero-order valence-electron chi connectivity index (χ0n) is 18.8. The molecule has 8 nitrogen and oxygen atoms in total. The number of aromatic nitrogens is 2. The van der Waals surface area contributed by atoms with Gasteiger partial charge < -0.3 is 4.42 Å². The van der Waals surface area contributed by atoms with Crippen LogP contribution in [0.5, 0.6) is 0 Å². The second kappa shape index (κ2) is 9.12. The number of anilines is 1. The third-order valence-electron chi connectivity index (χ3n) is 5.88. The summed E-state index contributed by atoms with van der Waals surface area (Å²) in [5.41, 5.74) is 0.254. The minimum absolute atomic E-state index is 0.0102. The first kappa shape index (κ1) is 24.1. The molecule has 0 amide bonds. The Morgan fingerprint density at radius 3 is 2.51 bits per heavy atom. The third kappa shape index (κ3) is 4.65. The van der Waals surface area contributed by atoms with E-state index in [2.05, 4.69) is 10.3 Å². The van der Waals surface area contributed by atoms with E-state index in [0.29, 0.717) is 5.69 Å². The number of carbonyl (C=O) groups excluding carboxylic acids is 1. The first-order valence-corrected chi connectivity index (χ1v) is 11.0. The van der Waals surface area contributed by atoms with Crippen molar-refractivity contribution in [2.24, 2.45) is 0 Å². The number of alkyl halides is 3. The average molecular weight is 513 g/mol. The fourth-order valence-corrected chi connectivity index (χ4v) is 4.15. The Bertz CT molecular complexity index is 1520. The summed E-state index contributed by atoms with van der Waals surface area (Å²) in [7, 11) is 0. The van der Waals surface area contributed by atoms with Crippen LogP contribution in [0.1, 0.15) is 27.6 Å². The Hall–Kier alpha value is -4.61. The predicted molar refractivity (Wildman–Crippen MR) is 121 cm³/mol. The highest BCUT2D eigenvalue weighted by Gasteiger charge is 2.42. The summed E-state index contributed by atoms with van der Waals surface area (Å²) in [6.07, 6.45) is -3.36. The molecule has 188 valence electrons. The SMILES string of the molecule is O=C1C(Cc2ccc(C(F)(F)F)o2)Nc2c(Cc3ccccc3)nc(-c3cccc([N+](=O)[O-])c3F)c[n+]21. The first-order valence-electron chi connectivity index (χ1n) is 11.0. The van der Waals surface area contributed by atoms with E-state index in [1.54, 1.807) is 0 Å². The lowest BCUT2D eigenvalue weighted by molar-refractivity contribution is -0.552. The number of hydrogen-bond donors (Lipinski definition) is 1. The maximum absolute atomic E-state index is 15.0. The molecule has 3 heterocycles. The fraction of sp³-hybridized carbons (Fsp3) is 0.160. The van der Waals surface area contributed by atoms with Crippen molar-refractivity contribution >= 4 is 17.4 Å². The number of nitrogens with zero attached hydrogens (tertiary/aromatic N) is 3. The molecule has 4 aromatic rings. The Morgan fingerprint density at radius 2 is 1.84 bits per heavy atom. The molecule has 0 bridgehead atoms. The highest BCUT2D eigenvalue weighted by molar-refractivity contribution is 5.82. The van der Waals surface area contributed by atoms with Gasteiger partial charge in [0.25, 0.3) is 0 Å². The van der Waals surface area contributed by atoms with Crippen LogP contribution >= 0.6 is 0 Å². The van der Waals surface area contributed by atoms with Gasteiger partial charge in [0, 0.05) is 18.1 Å². The van der Waals surface area contributed by atoms with Crippen molar-refractivity contribution in [3.05, 3.63) is 106 Å². The van der Waals surface area contributed by atoms with E-state index >= 15 is 0 Å². The number of nitro benzene ring substituents is 1. The van der Waals surface area contributed by atoms with Gasteiger partial charge in [-0.15, -0.1) is 0 Å². The Balaban J connectivity index is 1.55. The summed E-state index contributed by atoms with van der Waals surface area (Å²) in [6.45, 7) is 0. The topological polar surface area (TPSA) is 102 Å². The number of halogens is 4. The quantitative estimate of drug-likeness (QED) is 0.169. The Morgan fingerprint density at radius 1 is 1.08 bits per heavy atom. The highest BCUT2D eigenvalue weighted by atomic mass is 19.4. The summed E-state index contributed by atoms with van der Waals surface area (Å²) in [6, 6.07) is 13.7. The smallest absolute Gasteiger partial charge is 0.449 e. The number of fused-ring (bicyclic) bond motifs is 1. The summed E-state index contributed by atoms with van der Waals surface area (Å²) < 4.78 is 59.8. The number of nitrogens with one attached hydrogen (secondary N) is 1. The van der Waals surface area contributed by atoms with Crippen molar-refractivity contribution in [1.29, 1.82) is 0 Å². The molecule has 0 radical (unpaired) electrons. The standard InChI is InChI=1S/C25H16F4N4O4/c26-22-16(7-4-8-20(22)33(35)36)19-13-32-23(17(30-19)11-14-5-2-1-3-6-14)31-18(24(32)34)12-15-9-10-21(37-15)25(27,28)29/h1-10,13,18H,11-12H2/p+1. The summed E-state index contributed by atoms with van der Waals surface area (Å²) in [4.78, 5) is 28.1. The van der Waals surface area contributed by atoms with Gasteiger partial charge in [-0.1, -0.05) is 36.4 Å². The lowest BCUT2D eigenvalue weighted by Crippen LogP contribution is -2.44. The van der Waals surface area contributed by atoms with Crippen LogP contribution < -0.4 is 9.88 Å². The van der Waals surface area contributed by atoms with Crippen molar-refractivity contribution < 1.29 is 36.3 Å². The monoisotopic (exact) mass is 513 g/mol. The molecule has 0 saturated carbocycles. The minimum Gasteiger partial charge on any atom is -0.456 e. The molecule has 1 aliphatic rings. The van der Waals surface area contributed by atoms with E-state index in [9.17, 15) is 32.5 Å². The molecule has 1 atom stereocenters. The molecule has 37 heavy (non-hydrogen) atoms. The molecule has 2 aromatic carbocycles. The van der Waals surface area contributed by atoms with Gasteiger partial charge in [-0.25, -0.2) is 9.78 Å². The number of rotatable bonds is 6. The van der Waals surface area contributed by atoms with Crippen molar-refractivity contribution in [3.63, 3.8) is 0 Å². The number of carbonyl (C=O) groups is 1. The molecule has 0 aliphatic carbocycles. The molecule has 0 saturated heterocycles. The number of furan rings is 1. The normalized spacial score (nSPS) is 14.9.